The van der Waals surface area contributed by atoms with Gasteiger partial charge in [0.05, 0.1) is 7.11 Å². The number of benzene rings is 1. The zero-order valence-corrected chi connectivity index (χ0v) is 10.8. The van der Waals surface area contributed by atoms with Crippen LogP contribution in [0.25, 0.3) is 0 Å². The molecule has 0 aromatic heterocycles. The van der Waals surface area contributed by atoms with Gasteiger partial charge in [0.25, 0.3) is 0 Å². The summed E-state index contributed by atoms with van der Waals surface area (Å²) in [4.78, 5) is 2.54. The highest BCUT2D eigenvalue weighted by Gasteiger charge is 2.20. The van der Waals surface area contributed by atoms with Crippen molar-refractivity contribution in [2.75, 3.05) is 33.3 Å². The highest BCUT2D eigenvalue weighted by molar-refractivity contribution is 5.29. The van der Waals surface area contributed by atoms with E-state index >= 15 is 0 Å². The first-order chi connectivity index (χ1) is 8.35. The van der Waals surface area contributed by atoms with Crippen molar-refractivity contribution in [3.8, 4) is 5.75 Å². The van der Waals surface area contributed by atoms with Gasteiger partial charge in [0.1, 0.15) is 5.75 Å². The van der Waals surface area contributed by atoms with Gasteiger partial charge >= 0.3 is 0 Å². The van der Waals surface area contributed by atoms with Gasteiger partial charge in [0.2, 0.25) is 0 Å². The summed E-state index contributed by atoms with van der Waals surface area (Å²) in [5.41, 5.74) is 1.38. The van der Waals surface area contributed by atoms with Crippen molar-refractivity contribution in [2.24, 2.45) is 0 Å². The Morgan fingerprint density at radius 3 is 2.76 bits per heavy atom. The zero-order chi connectivity index (χ0) is 12.1. The minimum Gasteiger partial charge on any atom is -0.497 e. The third kappa shape index (κ3) is 2.99. The van der Waals surface area contributed by atoms with Crippen molar-refractivity contribution >= 4 is 0 Å². The lowest BCUT2D eigenvalue weighted by Gasteiger charge is -2.28. The Kier molecular flexibility index (Phi) is 4.40. The van der Waals surface area contributed by atoms with Gasteiger partial charge in [-0.25, -0.2) is 0 Å². The van der Waals surface area contributed by atoms with Crippen LogP contribution < -0.4 is 10.1 Å². The van der Waals surface area contributed by atoms with E-state index in [1.807, 2.05) is 12.1 Å². The van der Waals surface area contributed by atoms with E-state index in [0.29, 0.717) is 6.04 Å². The first-order valence-electron chi connectivity index (χ1n) is 6.44. The van der Waals surface area contributed by atoms with Crippen LogP contribution in [-0.2, 0) is 0 Å². The van der Waals surface area contributed by atoms with Crippen LogP contribution in [0.3, 0.4) is 0 Å². The summed E-state index contributed by atoms with van der Waals surface area (Å²) >= 11 is 0. The predicted molar refractivity (Wildman–Crippen MR) is 70.5 cm³/mol. The molecule has 1 unspecified atom stereocenters. The van der Waals surface area contributed by atoms with E-state index < -0.39 is 0 Å². The standard InChI is InChI=1S/C14H22N2O/c1-3-16-10-4-9-15-11-14(16)12-5-7-13(17-2)8-6-12/h5-8,14-15H,3-4,9-11H2,1-2H3. The van der Waals surface area contributed by atoms with Gasteiger partial charge in [-0.05, 0) is 43.8 Å². The molecule has 1 saturated heterocycles. The van der Waals surface area contributed by atoms with E-state index in [1.165, 1.54) is 18.5 Å². The van der Waals surface area contributed by atoms with E-state index in [4.69, 9.17) is 4.74 Å². The molecule has 1 atom stereocenters. The topological polar surface area (TPSA) is 24.5 Å². The number of nitrogens with one attached hydrogen (secondary N) is 1. The molecule has 1 aromatic rings. The van der Waals surface area contributed by atoms with Gasteiger partial charge < -0.3 is 10.1 Å². The molecule has 1 fully saturated rings. The van der Waals surface area contributed by atoms with Gasteiger partial charge in [-0.3, -0.25) is 4.90 Å². The van der Waals surface area contributed by atoms with Crippen molar-refractivity contribution < 1.29 is 4.74 Å². The van der Waals surface area contributed by atoms with Crippen LogP contribution in [-0.4, -0.2) is 38.2 Å². The fraction of sp³-hybridized carbons (Fsp3) is 0.571. The summed E-state index contributed by atoms with van der Waals surface area (Å²) in [5, 5.41) is 3.52. The van der Waals surface area contributed by atoms with E-state index in [1.54, 1.807) is 7.11 Å². The van der Waals surface area contributed by atoms with Gasteiger partial charge in [-0.15, -0.1) is 0 Å². The number of likely N-dealkylation sites (N-methyl/N-ethyl adjacent to an activating group) is 1. The molecule has 1 heterocycles. The molecule has 94 valence electrons. The molecule has 17 heavy (non-hydrogen) atoms. The first-order valence-corrected chi connectivity index (χ1v) is 6.44. The molecule has 3 nitrogen and oxygen atoms in total. The molecule has 1 aliphatic rings. The SMILES string of the molecule is CCN1CCCNCC1c1ccc(OC)cc1. The van der Waals surface area contributed by atoms with Crippen LogP contribution >= 0.6 is 0 Å². The van der Waals surface area contributed by atoms with E-state index in [0.717, 1.165) is 25.4 Å². The quantitative estimate of drug-likeness (QED) is 0.866. The van der Waals surface area contributed by atoms with Crippen molar-refractivity contribution in [2.45, 2.75) is 19.4 Å². The maximum Gasteiger partial charge on any atom is 0.118 e. The molecule has 0 amide bonds. The number of rotatable bonds is 3. The number of hydrogen-bond acceptors (Lipinski definition) is 3. The molecule has 3 heteroatoms. The highest BCUT2D eigenvalue weighted by atomic mass is 16.5. The molecule has 0 saturated carbocycles. The van der Waals surface area contributed by atoms with Crippen molar-refractivity contribution in [1.29, 1.82) is 0 Å². The average molecular weight is 234 g/mol. The summed E-state index contributed by atoms with van der Waals surface area (Å²) in [5.74, 6) is 0.929. The summed E-state index contributed by atoms with van der Waals surface area (Å²) in [6.07, 6.45) is 1.24. The van der Waals surface area contributed by atoms with Crippen molar-refractivity contribution in [3.05, 3.63) is 29.8 Å². The van der Waals surface area contributed by atoms with Gasteiger partial charge in [-0.1, -0.05) is 19.1 Å². The largest absolute Gasteiger partial charge is 0.497 e. The highest BCUT2D eigenvalue weighted by Crippen LogP contribution is 2.23. The van der Waals surface area contributed by atoms with Crippen LogP contribution in [0.2, 0.25) is 0 Å². The average Bonchev–Trinajstić information content (AvgIpc) is 2.64. The second kappa shape index (κ2) is 6.03. The maximum atomic E-state index is 5.21. The van der Waals surface area contributed by atoms with Crippen LogP contribution in [0, 0.1) is 0 Å². The lowest BCUT2D eigenvalue weighted by molar-refractivity contribution is 0.222. The maximum absolute atomic E-state index is 5.21. The molecule has 0 radical (unpaired) electrons. The Bertz CT molecular complexity index is 337. The lowest BCUT2D eigenvalue weighted by Crippen LogP contribution is -2.32. The Balaban J connectivity index is 2.16. The van der Waals surface area contributed by atoms with Gasteiger partial charge in [0, 0.05) is 12.6 Å². The molecule has 1 aromatic carbocycles. The van der Waals surface area contributed by atoms with Crippen LogP contribution in [0.4, 0.5) is 0 Å². The van der Waals surface area contributed by atoms with Crippen LogP contribution in [0.15, 0.2) is 24.3 Å². The molecule has 0 spiro atoms. The second-order valence-electron chi connectivity index (χ2n) is 4.48. The fourth-order valence-electron chi connectivity index (χ4n) is 2.46. The zero-order valence-electron chi connectivity index (χ0n) is 10.8. The third-order valence-electron chi connectivity index (χ3n) is 3.48. The molecule has 1 N–H and O–H groups in total. The summed E-state index contributed by atoms with van der Waals surface area (Å²) in [6.45, 7) is 6.70. The molecule has 2 rings (SSSR count). The summed E-state index contributed by atoms with van der Waals surface area (Å²) in [6, 6.07) is 8.95. The van der Waals surface area contributed by atoms with Crippen LogP contribution in [0.1, 0.15) is 24.9 Å². The molecule has 0 aliphatic carbocycles. The summed E-state index contributed by atoms with van der Waals surface area (Å²) in [7, 11) is 1.71. The predicted octanol–water partition coefficient (Wildman–Crippen LogP) is 2.05. The molecule has 0 bridgehead atoms. The minimum atomic E-state index is 0.494. The normalized spacial score (nSPS) is 22.1. The molecular formula is C14H22N2O. The molecule has 1 aliphatic heterocycles. The minimum absolute atomic E-state index is 0.494. The Hall–Kier alpha value is -1.06. The number of nitrogens with zero attached hydrogens (tertiary/aromatic N) is 1. The monoisotopic (exact) mass is 234 g/mol. The van der Waals surface area contributed by atoms with E-state index in [2.05, 4.69) is 29.3 Å². The van der Waals surface area contributed by atoms with Gasteiger partial charge in [-0.2, -0.15) is 0 Å². The first kappa shape index (κ1) is 12.4. The third-order valence-corrected chi connectivity index (χ3v) is 3.48. The van der Waals surface area contributed by atoms with Gasteiger partial charge in [0.15, 0.2) is 0 Å². The smallest absolute Gasteiger partial charge is 0.118 e. The fourth-order valence-corrected chi connectivity index (χ4v) is 2.46. The van der Waals surface area contributed by atoms with E-state index in [-0.39, 0.29) is 0 Å². The van der Waals surface area contributed by atoms with E-state index in [9.17, 15) is 0 Å². The van der Waals surface area contributed by atoms with Crippen LogP contribution in [0.5, 0.6) is 5.75 Å². The number of methoxy groups -OCH3 is 1. The Morgan fingerprint density at radius 2 is 2.12 bits per heavy atom. The van der Waals surface area contributed by atoms with Crippen molar-refractivity contribution in [1.82, 2.24) is 10.2 Å². The lowest BCUT2D eigenvalue weighted by atomic mass is 10.1. The second-order valence-corrected chi connectivity index (χ2v) is 4.48. The molecular weight excluding hydrogens is 212 g/mol. The Morgan fingerprint density at radius 1 is 1.35 bits per heavy atom. The number of hydrogen-bond donors (Lipinski definition) is 1. The number of ether oxygens (including phenoxy) is 1. The summed E-state index contributed by atoms with van der Waals surface area (Å²) < 4.78 is 5.21. The Labute approximate surface area is 104 Å². The van der Waals surface area contributed by atoms with Crippen molar-refractivity contribution in [3.63, 3.8) is 0 Å².